The van der Waals surface area contributed by atoms with E-state index in [4.69, 9.17) is 5.10 Å². The number of benzene rings is 2. The normalized spacial score (nSPS) is 12.8. The minimum atomic E-state index is 0.0215. The summed E-state index contributed by atoms with van der Waals surface area (Å²) in [5.74, 6) is 1.01. The summed E-state index contributed by atoms with van der Waals surface area (Å²) in [6.07, 6.45) is 8.04. The quantitative estimate of drug-likeness (QED) is 0.379. The number of fused-ring (bicyclic) bond motifs is 1. The van der Waals surface area contributed by atoms with E-state index < -0.39 is 0 Å². The lowest BCUT2D eigenvalue weighted by Gasteiger charge is -2.18. The smallest absolute Gasteiger partial charge is 0.254 e. The molecule has 0 saturated heterocycles. The summed E-state index contributed by atoms with van der Waals surface area (Å²) in [5.41, 5.74) is 7.26. The van der Waals surface area contributed by atoms with Crippen molar-refractivity contribution >= 4 is 5.91 Å². The summed E-state index contributed by atoms with van der Waals surface area (Å²) in [5, 5.41) is 4.96. The first-order valence-electron chi connectivity index (χ1n) is 11.4. The van der Waals surface area contributed by atoms with Gasteiger partial charge >= 0.3 is 0 Å². The summed E-state index contributed by atoms with van der Waals surface area (Å²) in [4.78, 5) is 15.2. The number of nitrogens with zero attached hydrogens (tertiary/aromatic N) is 5. The van der Waals surface area contributed by atoms with E-state index in [1.165, 1.54) is 11.1 Å². The van der Waals surface area contributed by atoms with Crippen LogP contribution in [0.3, 0.4) is 0 Å². The first-order valence-corrected chi connectivity index (χ1v) is 11.4. The van der Waals surface area contributed by atoms with Crippen LogP contribution in [-0.4, -0.2) is 29.7 Å². The van der Waals surface area contributed by atoms with Crippen LogP contribution in [0.15, 0.2) is 91.5 Å². The summed E-state index contributed by atoms with van der Waals surface area (Å²) in [7, 11) is 0. The molecular weight excluding hydrogens is 422 g/mol. The zero-order valence-electron chi connectivity index (χ0n) is 19.2. The molecule has 4 heterocycles. The number of hydrogen-bond acceptors (Lipinski definition) is 2. The third kappa shape index (κ3) is 3.35. The Labute approximate surface area is 198 Å². The van der Waals surface area contributed by atoms with Gasteiger partial charge in [-0.15, -0.1) is 0 Å². The van der Waals surface area contributed by atoms with Crippen LogP contribution in [0.1, 0.15) is 32.7 Å². The Morgan fingerprint density at radius 1 is 0.765 bits per heavy atom. The molecule has 0 spiro atoms. The first-order chi connectivity index (χ1) is 16.6. The monoisotopic (exact) mass is 447 g/mol. The first kappa shape index (κ1) is 20.3. The van der Waals surface area contributed by atoms with Gasteiger partial charge < -0.3 is 14.0 Å². The van der Waals surface area contributed by atoms with E-state index in [0.29, 0.717) is 18.7 Å². The molecule has 0 aliphatic carbocycles. The Bertz CT molecular complexity index is 1470. The Balaban J connectivity index is 1.32. The van der Waals surface area contributed by atoms with Crippen LogP contribution in [0.4, 0.5) is 0 Å². The van der Waals surface area contributed by atoms with Gasteiger partial charge in [0.15, 0.2) is 0 Å². The van der Waals surface area contributed by atoms with Crippen molar-refractivity contribution in [3.05, 3.63) is 119 Å². The highest BCUT2D eigenvalue weighted by atomic mass is 16.2. The maximum atomic E-state index is 13.3. The Morgan fingerprint density at radius 3 is 2.09 bits per heavy atom. The summed E-state index contributed by atoms with van der Waals surface area (Å²) >= 11 is 0. The van der Waals surface area contributed by atoms with Crippen LogP contribution < -0.4 is 0 Å². The van der Waals surface area contributed by atoms with Crippen LogP contribution in [0.25, 0.3) is 17.2 Å². The van der Waals surface area contributed by atoms with E-state index in [1.54, 1.807) is 0 Å². The average molecular weight is 448 g/mol. The van der Waals surface area contributed by atoms with Crippen molar-refractivity contribution in [3.63, 3.8) is 0 Å². The summed E-state index contributed by atoms with van der Waals surface area (Å²) in [6.45, 7) is 5.27. The zero-order valence-corrected chi connectivity index (χ0v) is 19.2. The Kier molecular flexibility index (Phi) is 4.73. The molecule has 0 bridgehead atoms. The lowest BCUT2D eigenvalue weighted by molar-refractivity contribution is 0.0749. The highest BCUT2D eigenvalue weighted by Gasteiger charge is 2.32. The van der Waals surface area contributed by atoms with E-state index in [2.05, 4.69) is 36.6 Å². The molecule has 3 aromatic heterocycles. The fraction of sp³-hybridized carbons (Fsp3) is 0.143. The van der Waals surface area contributed by atoms with Crippen molar-refractivity contribution < 1.29 is 4.79 Å². The number of amides is 1. The predicted molar refractivity (Wildman–Crippen MR) is 132 cm³/mol. The van der Waals surface area contributed by atoms with Crippen LogP contribution in [0.5, 0.6) is 0 Å². The molecule has 5 aromatic rings. The molecule has 1 aliphatic rings. The number of aryl methyl sites for hydroxylation is 2. The third-order valence-corrected chi connectivity index (χ3v) is 6.62. The molecule has 6 nitrogen and oxygen atoms in total. The third-order valence-electron chi connectivity index (χ3n) is 6.62. The van der Waals surface area contributed by atoms with Gasteiger partial charge in [-0.2, -0.15) is 5.10 Å². The van der Waals surface area contributed by atoms with E-state index >= 15 is 0 Å². The van der Waals surface area contributed by atoms with Gasteiger partial charge in [0.2, 0.25) is 0 Å². The van der Waals surface area contributed by atoms with Gasteiger partial charge in [-0.1, -0.05) is 6.07 Å². The average Bonchev–Trinajstić information content (AvgIpc) is 3.64. The second-order valence-electron chi connectivity index (χ2n) is 8.82. The molecule has 1 amide bonds. The molecule has 0 saturated carbocycles. The van der Waals surface area contributed by atoms with E-state index in [-0.39, 0.29) is 5.91 Å². The van der Waals surface area contributed by atoms with Crippen molar-refractivity contribution in [2.24, 2.45) is 0 Å². The van der Waals surface area contributed by atoms with Gasteiger partial charge in [0.05, 0.1) is 24.5 Å². The minimum absolute atomic E-state index is 0.0215. The fourth-order valence-corrected chi connectivity index (χ4v) is 4.59. The molecule has 1 aliphatic heterocycles. The van der Waals surface area contributed by atoms with Gasteiger partial charge in [-0.05, 0) is 85.6 Å². The Hall–Kier alpha value is -4.32. The molecule has 6 heteroatoms. The van der Waals surface area contributed by atoms with Gasteiger partial charge in [-0.3, -0.25) is 4.79 Å². The predicted octanol–water partition coefficient (Wildman–Crippen LogP) is 5.23. The van der Waals surface area contributed by atoms with E-state index in [0.717, 1.165) is 28.5 Å². The molecule has 34 heavy (non-hydrogen) atoms. The number of aromatic nitrogens is 4. The second kappa shape index (κ2) is 7.92. The van der Waals surface area contributed by atoms with Gasteiger partial charge in [0, 0.05) is 41.6 Å². The SMILES string of the molecule is Cc1ccc(-n2nc3c(c2-n2cccc2)CN(C(=O)c2ccc(-n4cccc4)cc2)C3)cc1C. The van der Waals surface area contributed by atoms with Crippen LogP contribution in [0.2, 0.25) is 0 Å². The summed E-state index contributed by atoms with van der Waals surface area (Å²) < 4.78 is 6.12. The van der Waals surface area contributed by atoms with Crippen LogP contribution in [0, 0.1) is 13.8 Å². The number of rotatable bonds is 4. The molecule has 0 N–H and O–H groups in total. The van der Waals surface area contributed by atoms with Crippen molar-refractivity contribution in [3.8, 4) is 17.2 Å². The number of hydrogen-bond donors (Lipinski definition) is 0. The van der Waals surface area contributed by atoms with Gasteiger partial charge in [0.25, 0.3) is 5.91 Å². The largest absolute Gasteiger partial charge is 0.328 e. The van der Waals surface area contributed by atoms with Crippen LogP contribution in [-0.2, 0) is 13.1 Å². The standard InChI is InChI=1S/C28H25N5O/c1-20-7-10-24(17-21(20)2)33-27(31-15-5-6-16-31)25-18-32(19-26(25)29-33)28(34)22-8-11-23(12-9-22)30-13-3-4-14-30/h3-17H,18-19H2,1-2H3. The van der Waals surface area contributed by atoms with Crippen molar-refractivity contribution in [2.75, 3.05) is 0 Å². The van der Waals surface area contributed by atoms with Crippen molar-refractivity contribution in [2.45, 2.75) is 26.9 Å². The van der Waals surface area contributed by atoms with Gasteiger partial charge in [0.1, 0.15) is 5.82 Å². The molecule has 0 radical (unpaired) electrons. The molecule has 0 atom stereocenters. The van der Waals surface area contributed by atoms with E-state index in [1.807, 2.05) is 87.5 Å². The van der Waals surface area contributed by atoms with Gasteiger partial charge in [-0.25, -0.2) is 4.68 Å². The highest BCUT2D eigenvalue weighted by Crippen LogP contribution is 2.32. The van der Waals surface area contributed by atoms with E-state index in [9.17, 15) is 4.79 Å². The van der Waals surface area contributed by atoms with Crippen molar-refractivity contribution in [1.82, 2.24) is 23.8 Å². The topological polar surface area (TPSA) is 48.0 Å². The molecule has 0 unspecified atom stereocenters. The molecule has 168 valence electrons. The van der Waals surface area contributed by atoms with Crippen LogP contribution >= 0.6 is 0 Å². The number of carbonyl (C=O) groups excluding carboxylic acids is 1. The minimum Gasteiger partial charge on any atom is -0.328 e. The second-order valence-corrected chi connectivity index (χ2v) is 8.82. The maximum absolute atomic E-state index is 13.3. The molecule has 2 aromatic carbocycles. The zero-order chi connectivity index (χ0) is 23.2. The molecular formula is C28H25N5O. The number of carbonyl (C=O) groups is 1. The molecule has 6 rings (SSSR count). The lowest BCUT2D eigenvalue weighted by Crippen LogP contribution is -2.26. The highest BCUT2D eigenvalue weighted by molar-refractivity contribution is 5.94. The lowest BCUT2D eigenvalue weighted by atomic mass is 10.1. The molecule has 0 fully saturated rings. The Morgan fingerprint density at radius 2 is 1.41 bits per heavy atom. The summed E-state index contributed by atoms with van der Waals surface area (Å²) in [6, 6.07) is 22.1. The fourth-order valence-electron chi connectivity index (χ4n) is 4.59. The maximum Gasteiger partial charge on any atom is 0.254 e. The van der Waals surface area contributed by atoms with Crippen molar-refractivity contribution in [1.29, 1.82) is 0 Å².